The minimum absolute atomic E-state index is 0.420. The first-order valence-electron chi connectivity index (χ1n) is 5.42. The van der Waals surface area contributed by atoms with Gasteiger partial charge < -0.3 is 0 Å². The summed E-state index contributed by atoms with van der Waals surface area (Å²) in [5.41, 5.74) is -3.37. The van der Waals surface area contributed by atoms with Gasteiger partial charge in [-0.25, -0.2) is 0 Å². The molecule has 0 aliphatic rings. The van der Waals surface area contributed by atoms with Crippen molar-refractivity contribution in [1.82, 2.24) is 0 Å². The van der Waals surface area contributed by atoms with Crippen LogP contribution in [0.25, 0.3) is 10.8 Å². The topological polar surface area (TPSA) is 173 Å². The summed E-state index contributed by atoms with van der Waals surface area (Å²) in [6.45, 7) is 0. The number of nitro groups is 4. The highest BCUT2D eigenvalue weighted by molar-refractivity contribution is 6.02. The standard InChI is InChI=1S/C10H4N4O8/c15-11(16)5-1-2-6-7(3-5)8(12(17)18)4-9(13(19)20)10(6)14(21)22/h1-4H. The van der Waals surface area contributed by atoms with E-state index in [9.17, 15) is 40.5 Å². The predicted molar refractivity (Wildman–Crippen MR) is 70.6 cm³/mol. The Hall–Kier alpha value is -3.70. The third kappa shape index (κ3) is 2.24. The third-order valence-electron chi connectivity index (χ3n) is 2.84. The van der Waals surface area contributed by atoms with Crippen LogP contribution in [-0.4, -0.2) is 19.7 Å². The first kappa shape index (κ1) is 14.7. The Labute approximate surface area is 119 Å². The lowest BCUT2D eigenvalue weighted by Crippen LogP contribution is -2.01. The lowest BCUT2D eigenvalue weighted by Gasteiger charge is -2.02. The van der Waals surface area contributed by atoms with Gasteiger partial charge in [-0.15, -0.1) is 0 Å². The molecule has 2 aromatic carbocycles. The van der Waals surface area contributed by atoms with Crippen LogP contribution >= 0.6 is 0 Å². The highest BCUT2D eigenvalue weighted by Gasteiger charge is 2.33. The molecule has 12 nitrogen and oxygen atoms in total. The van der Waals surface area contributed by atoms with Crippen LogP contribution in [0.2, 0.25) is 0 Å². The Morgan fingerprint density at radius 1 is 0.636 bits per heavy atom. The van der Waals surface area contributed by atoms with Crippen molar-refractivity contribution in [3.05, 3.63) is 64.7 Å². The fourth-order valence-corrected chi connectivity index (χ4v) is 1.96. The molecule has 2 rings (SSSR count). The van der Waals surface area contributed by atoms with Crippen molar-refractivity contribution >= 4 is 33.5 Å². The molecule has 0 saturated carbocycles. The molecule has 0 amide bonds. The maximum atomic E-state index is 11.0. The van der Waals surface area contributed by atoms with Crippen LogP contribution in [0, 0.1) is 40.5 Å². The summed E-state index contributed by atoms with van der Waals surface area (Å²) in [7, 11) is 0. The monoisotopic (exact) mass is 308 g/mol. The fourth-order valence-electron chi connectivity index (χ4n) is 1.96. The zero-order chi connectivity index (χ0) is 16.6. The average Bonchev–Trinajstić information content (AvgIpc) is 2.43. The second kappa shape index (κ2) is 5.01. The summed E-state index contributed by atoms with van der Waals surface area (Å²) in [6.07, 6.45) is 0. The molecular weight excluding hydrogens is 304 g/mol. The van der Waals surface area contributed by atoms with E-state index in [1.165, 1.54) is 0 Å². The maximum Gasteiger partial charge on any atom is 0.354 e. The van der Waals surface area contributed by atoms with Crippen molar-refractivity contribution < 1.29 is 19.7 Å². The molecule has 0 heterocycles. The average molecular weight is 308 g/mol. The Kier molecular flexibility index (Phi) is 3.35. The van der Waals surface area contributed by atoms with Gasteiger partial charge in [0, 0.05) is 12.1 Å². The molecule has 0 aliphatic carbocycles. The molecule has 0 aromatic heterocycles. The van der Waals surface area contributed by atoms with Crippen molar-refractivity contribution in [2.75, 3.05) is 0 Å². The lowest BCUT2D eigenvalue weighted by atomic mass is 10.0. The number of non-ortho nitro benzene ring substituents is 2. The molecule has 0 aliphatic heterocycles. The number of benzene rings is 2. The quantitative estimate of drug-likeness (QED) is 0.611. The van der Waals surface area contributed by atoms with Crippen LogP contribution in [0.5, 0.6) is 0 Å². The smallest absolute Gasteiger partial charge is 0.258 e. The molecule has 0 fully saturated rings. The Morgan fingerprint density at radius 3 is 1.68 bits per heavy atom. The zero-order valence-electron chi connectivity index (χ0n) is 10.4. The lowest BCUT2D eigenvalue weighted by molar-refractivity contribution is -0.423. The summed E-state index contributed by atoms with van der Waals surface area (Å²) in [5.74, 6) is 0. The summed E-state index contributed by atoms with van der Waals surface area (Å²) in [4.78, 5) is 39.6. The van der Waals surface area contributed by atoms with Crippen molar-refractivity contribution in [2.45, 2.75) is 0 Å². The van der Waals surface area contributed by atoms with E-state index in [0.717, 1.165) is 18.2 Å². The second-order valence-electron chi connectivity index (χ2n) is 4.02. The fraction of sp³-hybridized carbons (Fsp3) is 0. The molecule has 0 atom stereocenters. The van der Waals surface area contributed by atoms with Crippen molar-refractivity contribution in [3.8, 4) is 0 Å². The van der Waals surface area contributed by atoms with Gasteiger partial charge >= 0.3 is 11.4 Å². The van der Waals surface area contributed by atoms with Gasteiger partial charge in [-0.1, -0.05) is 0 Å². The largest absolute Gasteiger partial charge is 0.354 e. The van der Waals surface area contributed by atoms with Gasteiger partial charge in [0.2, 0.25) is 0 Å². The normalized spacial score (nSPS) is 10.4. The van der Waals surface area contributed by atoms with Crippen LogP contribution in [-0.2, 0) is 0 Å². The van der Waals surface area contributed by atoms with Crippen LogP contribution in [0.15, 0.2) is 24.3 Å². The van der Waals surface area contributed by atoms with E-state index < -0.39 is 53.2 Å². The minimum Gasteiger partial charge on any atom is -0.258 e. The number of hydrogen-bond donors (Lipinski definition) is 0. The number of hydrogen-bond acceptors (Lipinski definition) is 8. The molecule has 0 saturated heterocycles. The van der Waals surface area contributed by atoms with Gasteiger partial charge in [0.1, 0.15) is 6.07 Å². The predicted octanol–water partition coefficient (Wildman–Crippen LogP) is 2.47. The van der Waals surface area contributed by atoms with Gasteiger partial charge in [0.15, 0.2) is 0 Å². The molecule has 0 spiro atoms. The van der Waals surface area contributed by atoms with Gasteiger partial charge in [0.25, 0.3) is 11.4 Å². The van der Waals surface area contributed by atoms with E-state index in [1.807, 2.05) is 0 Å². The maximum absolute atomic E-state index is 11.0. The highest BCUT2D eigenvalue weighted by Crippen LogP contribution is 2.41. The molecule has 0 bridgehead atoms. The van der Waals surface area contributed by atoms with Gasteiger partial charge in [-0.05, 0) is 6.07 Å². The Bertz CT molecular complexity index is 862. The highest BCUT2D eigenvalue weighted by atomic mass is 16.6. The third-order valence-corrected chi connectivity index (χ3v) is 2.84. The number of fused-ring (bicyclic) bond motifs is 1. The molecule has 0 N–H and O–H groups in total. The van der Waals surface area contributed by atoms with Crippen LogP contribution in [0.4, 0.5) is 22.7 Å². The minimum atomic E-state index is -1.12. The molecule has 2 aromatic rings. The molecule has 0 unspecified atom stereocenters. The summed E-state index contributed by atoms with van der Waals surface area (Å²) < 4.78 is 0. The van der Waals surface area contributed by atoms with Crippen LogP contribution in [0.1, 0.15) is 0 Å². The van der Waals surface area contributed by atoms with Crippen LogP contribution in [0.3, 0.4) is 0 Å². The SMILES string of the molecule is O=[N+]([O-])c1ccc2c([N+](=O)[O-])c([N+](=O)[O-])cc([N+](=O)[O-])c2c1. The number of nitrogens with zero attached hydrogens (tertiary/aromatic N) is 4. The summed E-state index contributed by atoms with van der Waals surface area (Å²) >= 11 is 0. The van der Waals surface area contributed by atoms with Gasteiger partial charge in [0.05, 0.1) is 30.5 Å². The number of nitro benzene ring substituents is 4. The molecular formula is C10H4N4O8. The Balaban J connectivity index is 3.04. The van der Waals surface area contributed by atoms with Crippen molar-refractivity contribution in [1.29, 1.82) is 0 Å². The van der Waals surface area contributed by atoms with E-state index in [4.69, 9.17) is 0 Å². The molecule has 112 valence electrons. The first-order valence-corrected chi connectivity index (χ1v) is 5.42. The first-order chi connectivity index (χ1) is 10.2. The molecule has 22 heavy (non-hydrogen) atoms. The molecule has 0 radical (unpaired) electrons. The van der Waals surface area contributed by atoms with Crippen LogP contribution < -0.4 is 0 Å². The Morgan fingerprint density at radius 2 is 1.23 bits per heavy atom. The van der Waals surface area contributed by atoms with E-state index >= 15 is 0 Å². The van der Waals surface area contributed by atoms with Gasteiger partial charge in [-0.3, -0.25) is 40.5 Å². The number of rotatable bonds is 4. The summed E-state index contributed by atoms with van der Waals surface area (Å²) in [6, 6.07) is 2.95. The van der Waals surface area contributed by atoms with E-state index in [0.29, 0.717) is 6.07 Å². The zero-order valence-corrected chi connectivity index (χ0v) is 10.4. The van der Waals surface area contributed by atoms with Crippen molar-refractivity contribution in [2.24, 2.45) is 0 Å². The summed E-state index contributed by atoms with van der Waals surface area (Å²) in [5, 5.41) is 42.8. The van der Waals surface area contributed by atoms with Crippen molar-refractivity contribution in [3.63, 3.8) is 0 Å². The van der Waals surface area contributed by atoms with E-state index in [1.54, 1.807) is 0 Å². The van der Waals surface area contributed by atoms with E-state index in [2.05, 4.69) is 0 Å². The van der Waals surface area contributed by atoms with E-state index in [-0.39, 0.29) is 0 Å². The van der Waals surface area contributed by atoms with Gasteiger partial charge in [-0.2, -0.15) is 0 Å². The second-order valence-corrected chi connectivity index (χ2v) is 4.02. The molecule has 12 heteroatoms.